The summed E-state index contributed by atoms with van der Waals surface area (Å²) in [4.78, 5) is 2.64. The first-order chi connectivity index (χ1) is 7.31. The zero-order valence-electron chi connectivity index (χ0n) is 9.99. The van der Waals surface area contributed by atoms with Crippen LogP contribution in [-0.4, -0.2) is 35.7 Å². The molecule has 2 rings (SSSR count). The zero-order chi connectivity index (χ0) is 10.7. The molecule has 88 valence electrons. The smallest absolute Gasteiger partial charge is 0.0462 e. The van der Waals surface area contributed by atoms with Crippen LogP contribution in [0.1, 0.15) is 45.4 Å². The first-order valence-corrected chi connectivity index (χ1v) is 6.66. The van der Waals surface area contributed by atoms with Gasteiger partial charge in [-0.3, -0.25) is 0 Å². The lowest BCUT2D eigenvalue weighted by atomic mass is 9.79. The summed E-state index contributed by atoms with van der Waals surface area (Å²) in [6.45, 7) is 5.29. The van der Waals surface area contributed by atoms with Gasteiger partial charge in [-0.2, -0.15) is 0 Å². The van der Waals surface area contributed by atoms with Gasteiger partial charge in [0.1, 0.15) is 0 Å². The molecule has 0 bridgehead atoms. The van der Waals surface area contributed by atoms with Crippen molar-refractivity contribution in [3.05, 3.63) is 0 Å². The van der Waals surface area contributed by atoms with Crippen LogP contribution in [0.4, 0.5) is 0 Å². The molecule has 2 heteroatoms. The standard InChI is InChI=1S/C13H25NO/c1-11-5-4-8-14(11)9-12-6-2-3-7-13(12)10-15/h11-13,15H,2-10H2,1H3. The molecule has 0 spiro atoms. The van der Waals surface area contributed by atoms with Crippen molar-refractivity contribution < 1.29 is 5.11 Å². The molecular formula is C13H25NO. The van der Waals surface area contributed by atoms with E-state index in [0.717, 1.165) is 12.0 Å². The molecule has 0 amide bonds. The second kappa shape index (κ2) is 5.31. The summed E-state index contributed by atoms with van der Waals surface area (Å²) < 4.78 is 0. The number of aliphatic hydroxyl groups is 1. The third-order valence-electron chi connectivity index (χ3n) is 4.46. The minimum Gasteiger partial charge on any atom is -0.396 e. The molecule has 1 aliphatic carbocycles. The number of nitrogens with zero attached hydrogens (tertiary/aromatic N) is 1. The molecule has 15 heavy (non-hydrogen) atoms. The van der Waals surface area contributed by atoms with Crippen molar-refractivity contribution in [1.82, 2.24) is 4.90 Å². The lowest BCUT2D eigenvalue weighted by Gasteiger charge is -2.34. The minimum atomic E-state index is 0.410. The molecule has 1 aliphatic heterocycles. The predicted molar refractivity (Wildman–Crippen MR) is 62.8 cm³/mol. The molecule has 1 heterocycles. The van der Waals surface area contributed by atoms with Crippen molar-refractivity contribution in [1.29, 1.82) is 0 Å². The van der Waals surface area contributed by atoms with Crippen molar-refractivity contribution in [3.63, 3.8) is 0 Å². The quantitative estimate of drug-likeness (QED) is 0.774. The van der Waals surface area contributed by atoms with E-state index in [0.29, 0.717) is 12.5 Å². The molecule has 0 aromatic heterocycles. The van der Waals surface area contributed by atoms with Gasteiger partial charge in [-0.15, -0.1) is 0 Å². The maximum absolute atomic E-state index is 9.38. The first-order valence-electron chi connectivity index (χ1n) is 6.66. The molecule has 0 aromatic carbocycles. The van der Waals surface area contributed by atoms with Gasteiger partial charge < -0.3 is 10.0 Å². The van der Waals surface area contributed by atoms with Gasteiger partial charge in [-0.25, -0.2) is 0 Å². The normalized spacial score (nSPS) is 38.4. The highest BCUT2D eigenvalue weighted by Crippen LogP contribution is 2.31. The highest BCUT2D eigenvalue weighted by atomic mass is 16.3. The number of rotatable bonds is 3. The van der Waals surface area contributed by atoms with Crippen LogP contribution in [0.15, 0.2) is 0 Å². The van der Waals surface area contributed by atoms with Crippen LogP contribution in [0.3, 0.4) is 0 Å². The van der Waals surface area contributed by atoms with Crippen LogP contribution in [0.2, 0.25) is 0 Å². The average Bonchev–Trinajstić information content (AvgIpc) is 2.65. The van der Waals surface area contributed by atoms with Crippen molar-refractivity contribution in [2.45, 2.75) is 51.5 Å². The van der Waals surface area contributed by atoms with E-state index in [4.69, 9.17) is 0 Å². The van der Waals surface area contributed by atoms with E-state index in [1.54, 1.807) is 0 Å². The van der Waals surface area contributed by atoms with Gasteiger partial charge in [0, 0.05) is 19.2 Å². The molecular weight excluding hydrogens is 186 g/mol. The van der Waals surface area contributed by atoms with Crippen LogP contribution in [0.25, 0.3) is 0 Å². The van der Waals surface area contributed by atoms with Crippen LogP contribution in [0.5, 0.6) is 0 Å². The Balaban J connectivity index is 1.85. The summed E-state index contributed by atoms with van der Waals surface area (Å²) in [5.41, 5.74) is 0. The fraction of sp³-hybridized carbons (Fsp3) is 1.00. The van der Waals surface area contributed by atoms with E-state index >= 15 is 0 Å². The SMILES string of the molecule is CC1CCCN1CC1CCCCC1CO. The summed E-state index contributed by atoms with van der Waals surface area (Å²) >= 11 is 0. The molecule has 1 N–H and O–H groups in total. The van der Waals surface area contributed by atoms with Crippen molar-refractivity contribution in [2.24, 2.45) is 11.8 Å². The Morgan fingerprint density at radius 2 is 1.80 bits per heavy atom. The van der Waals surface area contributed by atoms with E-state index in [-0.39, 0.29) is 0 Å². The second-order valence-electron chi connectivity index (χ2n) is 5.47. The van der Waals surface area contributed by atoms with Crippen molar-refractivity contribution in [2.75, 3.05) is 19.7 Å². The van der Waals surface area contributed by atoms with E-state index in [1.807, 2.05) is 0 Å². The number of hydrogen-bond donors (Lipinski definition) is 1. The maximum Gasteiger partial charge on any atom is 0.0462 e. The Hall–Kier alpha value is -0.0800. The summed E-state index contributed by atoms with van der Waals surface area (Å²) in [6, 6.07) is 0.784. The minimum absolute atomic E-state index is 0.410. The second-order valence-corrected chi connectivity index (χ2v) is 5.47. The van der Waals surface area contributed by atoms with Crippen LogP contribution < -0.4 is 0 Å². The summed E-state index contributed by atoms with van der Waals surface area (Å²) in [6.07, 6.45) is 8.05. The average molecular weight is 211 g/mol. The topological polar surface area (TPSA) is 23.5 Å². The molecule has 2 fully saturated rings. The molecule has 0 radical (unpaired) electrons. The Kier molecular flexibility index (Phi) is 4.04. The largest absolute Gasteiger partial charge is 0.396 e. The summed E-state index contributed by atoms with van der Waals surface area (Å²) in [7, 11) is 0. The first kappa shape index (κ1) is 11.4. The van der Waals surface area contributed by atoms with Gasteiger partial charge in [0.05, 0.1) is 0 Å². The summed E-state index contributed by atoms with van der Waals surface area (Å²) in [5, 5.41) is 9.38. The van der Waals surface area contributed by atoms with E-state index in [9.17, 15) is 5.11 Å². The number of likely N-dealkylation sites (tertiary alicyclic amines) is 1. The van der Waals surface area contributed by atoms with Gasteiger partial charge in [0.15, 0.2) is 0 Å². The Morgan fingerprint density at radius 3 is 2.40 bits per heavy atom. The van der Waals surface area contributed by atoms with Crippen LogP contribution in [-0.2, 0) is 0 Å². The zero-order valence-corrected chi connectivity index (χ0v) is 9.99. The monoisotopic (exact) mass is 211 g/mol. The molecule has 2 aliphatic rings. The van der Waals surface area contributed by atoms with Crippen LogP contribution >= 0.6 is 0 Å². The fourth-order valence-electron chi connectivity index (χ4n) is 3.33. The van der Waals surface area contributed by atoms with Crippen LogP contribution in [0, 0.1) is 11.8 Å². The molecule has 0 aromatic rings. The highest BCUT2D eigenvalue weighted by molar-refractivity contribution is 4.82. The molecule has 3 atom stereocenters. The van der Waals surface area contributed by atoms with Gasteiger partial charge >= 0.3 is 0 Å². The van der Waals surface area contributed by atoms with Gasteiger partial charge in [-0.1, -0.05) is 12.8 Å². The highest BCUT2D eigenvalue weighted by Gasteiger charge is 2.29. The molecule has 2 nitrogen and oxygen atoms in total. The Bertz CT molecular complexity index is 195. The molecule has 1 saturated heterocycles. The Labute approximate surface area is 93.7 Å². The van der Waals surface area contributed by atoms with Crippen molar-refractivity contribution in [3.8, 4) is 0 Å². The lowest BCUT2D eigenvalue weighted by molar-refractivity contribution is 0.0975. The Morgan fingerprint density at radius 1 is 1.07 bits per heavy atom. The van der Waals surface area contributed by atoms with E-state index < -0.39 is 0 Å². The van der Waals surface area contributed by atoms with Gasteiger partial charge in [0.25, 0.3) is 0 Å². The van der Waals surface area contributed by atoms with Crippen molar-refractivity contribution >= 4 is 0 Å². The van der Waals surface area contributed by atoms with E-state index in [2.05, 4.69) is 11.8 Å². The van der Waals surface area contributed by atoms with Gasteiger partial charge in [-0.05, 0) is 51.0 Å². The third kappa shape index (κ3) is 2.73. The molecule has 3 unspecified atom stereocenters. The summed E-state index contributed by atoms with van der Waals surface area (Å²) in [5.74, 6) is 1.36. The maximum atomic E-state index is 9.38. The van der Waals surface area contributed by atoms with E-state index in [1.165, 1.54) is 51.6 Å². The lowest BCUT2D eigenvalue weighted by Crippen LogP contribution is -2.37. The predicted octanol–water partition coefficient (Wildman–Crippen LogP) is 2.27. The number of hydrogen-bond acceptors (Lipinski definition) is 2. The number of aliphatic hydroxyl groups excluding tert-OH is 1. The molecule has 1 saturated carbocycles. The fourth-order valence-corrected chi connectivity index (χ4v) is 3.33. The van der Waals surface area contributed by atoms with Gasteiger partial charge in [0.2, 0.25) is 0 Å². The third-order valence-corrected chi connectivity index (χ3v) is 4.46.